The summed E-state index contributed by atoms with van der Waals surface area (Å²) < 4.78 is 34.1. The van der Waals surface area contributed by atoms with Gasteiger partial charge in [-0.25, -0.2) is 0 Å². The molecule has 0 radical (unpaired) electrons. The average Bonchev–Trinajstić information content (AvgIpc) is 2.77. The lowest BCUT2D eigenvalue weighted by Gasteiger charge is -2.16. The highest BCUT2D eigenvalue weighted by molar-refractivity contribution is 7.86. The first-order valence-corrected chi connectivity index (χ1v) is 8.46. The Morgan fingerprint density at radius 2 is 2.00 bits per heavy atom. The zero-order valence-corrected chi connectivity index (χ0v) is 12.9. The van der Waals surface area contributed by atoms with Gasteiger partial charge in [-0.2, -0.15) is 8.42 Å². The van der Waals surface area contributed by atoms with E-state index in [4.69, 9.17) is 0 Å². The quantitative estimate of drug-likeness (QED) is 0.820. The zero-order valence-electron chi connectivity index (χ0n) is 12.1. The van der Waals surface area contributed by atoms with Gasteiger partial charge in [0.05, 0.1) is 5.75 Å². The Morgan fingerprint density at radius 3 is 2.55 bits per heavy atom. The van der Waals surface area contributed by atoms with Gasteiger partial charge >= 0.3 is 10.2 Å². The fraction of sp³-hybridized carbons (Fsp3) is 0.429. The first-order chi connectivity index (χ1) is 10.3. The van der Waals surface area contributed by atoms with Crippen molar-refractivity contribution in [1.82, 2.24) is 5.32 Å². The van der Waals surface area contributed by atoms with Crippen molar-refractivity contribution < 1.29 is 21.9 Å². The second kappa shape index (κ2) is 6.43. The van der Waals surface area contributed by atoms with Crippen LogP contribution in [-0.2, 0) is 15.0 Å². The van der Waals surface area contributed by atoms with Crippen LogP contribution in [0.2, 0.25) is 0 Å². The van der Waals surface area contributed by atoms with E-state index in [0.29, 0.717) is 17.8 Å². The van der Waals surface area contributed by atoms with Gasteiger partial charge in [0.1, 0.15) is 0 Å². The maximum absolute atomic E-state index is 12.7. The van der Waals surface area contributed by atoms with Crippen molar-refractivity contribution in [3.63, 3.8) is 0 Å². The van der Waals surface area contributed by atoms with E-state index in [0.717, 1.165) is 0 Å². The molecule has 1 aromatic carbocycles. The molecule has 8 heteroatoms. The predicted molar refractivity (Wildman–Crippen MR) is 79.8 cm³/mol. The summed E-state index contributed by atoms with van der Waals surface area (Å²) in [4.78, 5) is 25.0. The Kier molecular flexibility index (Phi) is 4.80. The topological polar surface area (TPSA) is 83.6 Å². The lowest BCUT2D eigenvalue weighted by atomic mass is 10.1. The minimum absolute atomic E-state index is 0.00121. The van der Waals surface area contributed by atoms with Crippen LogP contribution in [0.15, 0.2) is 24.3 Å². The maximum atomic E-state index is 12.7. The molecule has 0 aliphatic carbocycles. The van der Waals surface area contributed by atoms with Crippen LogP contribution in [0, 0.1) is 5.92 Å². The van der Waals surface area contributed by atoms with Gasteiger partial charge in [0.15, 0.2) is 0 Å². The van der Waals surface area contributed by atoms with E-state index >= 15 is 0 Å². The molecule has 1 atom stereocenters. The third kappa shape index (κ3) is 4.03. The van der Waals surface area contributed by atoms with E-state index < -0.39 is 21.9 Å². The lowest BCUT2D eigenvalue weighted by molar-refractivity contribution is -0.117. The molecule has 0 saturated carbocycles. The molecule has 0 aromatic heterocycles. The third-order valence-electron chi connectivity index (χ3n) is 3.42. The third-order valence-corrected chi connectivity index (χ3v) is 4.29. The van der Waals surface area contributed by atoms with E-state index in [1.54, 1.807) is 24.3 Å². The van der Waals surface area contributed by atoms with Crippen LogP contribution in [0.1, 0.15) is 23.7 Å². The van der Waals surface area contributed by atoms with Crippen molar-refractivity contribution in [2.45, 2.75) is 13.3 Å². The molecule has 1 saturated heterocycles. The number of benzene rings is 1. The SMILES string of the molecule is CCNC(=O)c1ccc(N2CC(CS(=O)(=O)F)CC2=O)cc1. The highest BCUT2D eigenvalue weighted by Crippen LogP contribution is 2.26. The number of anilines is 1. The van der Waals surface area contributed by atoms with Gasteiger partial charge in [-0.1, -0.05) is 0 Å². The van der Waals surface area contributed by atoms with Gasteiger partial charge in [-0.3, -0.25) is 9.59 Å². The van der Waals surface area contributed by atoms with Crippen LogP contribution in [0.5, 0.6) is 0 Å². The Bertz CT molecular complexity index is 673. The van der Waals surface area contributed by atoms with Gasteiger partial charge < -0.3 is 10.2 Å². The van der Waals surface area contributed by atoms with Gasteiger partial charge in [0, 0.05) is 36.7 Å². The summed E-state index contributed by atoms with van der Waals surface area (Å²) in [6.45, 7) is 2.49. The van der Waals surface area contributed by atoms with Crippen LogP contribution in [0.4, 0.5) is 9.57 Å². The number of carbonyl (C=O) groups excluding carboxylic acids is 2. The second-order valence-electron chi connectivity index (χ2n) is 5.19. The number of nitrogens with zero attached hydrogens (tertiary/aromatic N) is 1. The Morgan fingerprint density at radius 1 is 1.36 bits per heavy atom. The van der Waals surface area contributed by atoms with Crippen LogP contribution in [-0.4, -0.2) is 39.1 Å². The first kappa shape index (κ1) is 16.4. The number of hydrogen-bond donors (Lipinski definition) is 1. The highest BCUT2D eigenvalue weighted by atomic mass is 32.3. The summed E-state index contributed by atoms with van der Waals surface area (Å²) in [5, 5.41) is 2.66. The maximum Gasteiger partial charge on any atom is 0.302 e. The highest BCUT2D eigenvalue weighted by Gasteiger charge is 2.33. The van der Waals surface area contributed by atoms with Crippen LogP contribution < -0.4 is 10.2 Å². The summed E-state index contributed by atoms with van der Waals surface area (Å²) >= 11 is 0. The van der Waals surface area contributed by atoms with Gasteiger partial charge in [-0.15, -0.1) is 3.89 Å². The largest absolute Gasteiger partial charge is 0.352 e. The Hall–Kier alpha value is -1.96. The van der Waals surface area contributed by atoms with E-state index in [1.165, 1.54) is 4.90 Å². The second-order valence-corrected chi connectivity index (χ2v) is 6.60. The van der Waals surface area contributed by atoms with Crippen molar-refractivity contribution in [3.8, 4) is 0 Å². The van der Waals surface area contributed by atoms with Gasteiger partial charge in [0.2, 0.25) is 5.91 Å². The van der Waals surface area contributed by atoms with Crippen molar-refractivity contribution in [1.29, 1.82) is 0 Å². The normalized spacial score (nSPS) is 18.5. The summed E-state index contributed by atoms with van der Waals surface area (Å²) in [6, 6.07) is 6.42. The number of carbonyl (C=O) groups is 2. The van der Waals surface area contributed by atoms with E-state index in [-0.39, 0.29) is 24.8 Å². The standard InChI is InChI=1S/C14H17FN2O4S/c1-2-16-14(19)11-3-5-12(6-4-11)17-8-10(7-13(17)18)9-22(15,20)21/h3-6,10H,2,7-9H2,1H3,(H,16,19). The fourth-order valence-corrected chi connectivity index (χ4v) is 3.27. The molecule has 1 N–H and O–H groups in total. The van der Waals surface area contributed by atoms with Gasteiger partial charge in [-0.05, 0) is 31.2 Å². The molecule has 22 heavy (non-hydrogen) atoms. The molecule has 120 valence electrons. The van der Waals surface area contributed by atoms with Gasteiger partial charge in [0.25, 0.3) is 5.91 Å². The van der Waals surface area contributed by atoms with E-state index in [9.17, 15) is 21.9 Å². The fourth-order valence-electron chi connectivity index (χ4n) is 2.48. The molecule has 0 spiro atoms. The number of nitrogens with one attached hydrogen (secondary N) is 1. The molecule has 1 heterocycles. The molecule has 6 nitrogen and oxygen atoms in total. The molecule has 1 aromatic rings. The minimum Gasteiger partial charge on any atom is -0.352 e. The molecule has 1 aliphatic rings. The molecule has 1 aliphatic heterocycles. The first-order valence-electron chi connectivity index (χ1n) is 6.91. The van der Waals surface area contributed by atoms with Crippen molar-refractivity contribution >= 4 is 27.7 Å². The summed E-state index contributed by atoms with van der Waals surface area (Å²) in [5.74, 6) is -1.65. The Labute approximate surface area is 128 Å². The molecular formula is C14H17FN2O4S. The van der Waals surface area contributed by atoms with Crippen molar-refractivity contribution in [3.05, 3.63) is 29.8 Å². The van der Waals surface area contributed by atoms with Crippen LogP contribution in [0.25, 0.3) is 0 Å². The molecule has 2 rings (SSSR count). The molecule has 1 unspecified atom stereocenters. The zero-order chi connectivity index (χ0) is 16.3. The van der Waals surface area contributed by atoms with E-state index in [2.05, 4.69) is 5.32 Å². The van der Waals surface area contributed by atoms with Crippen molar-refractivity contribution in [2.75, 3.05) is 23.7 Å². The summed E-state index contributed by atoms with van der Waals surface area (Å²) in [5.41, 5.74) is 1.04. The number of hydrogen-bond acceptors (Lipinski definition) is 4. The van der Waals surface area contributed by atoms with Crippen LogP contribution in [0.3, 0.4) is 0 Å². The summed E-state index contributed by atoms with van der Waals surface area (Å²) in [7, 11) is -4.59. The average molecular weight is 328 g/mol. The number of amides is 2. The minimum atomic E-state index is -4.59. The molecule has 1 fully saturated rings. The number of halogens is 1. The van der Waals surface area contributed by atoms with Crippen molar-refractivity contribution in [2.24, 2.45) is 5.92 Å². The molecule has 2 amide bonds. The molecular weight excluding hydrogens is 311 g/mol. The molecule has 0 bridgehead atoms. The monoisotopic (exact) mass is 328 g/mol. The van der Waals surface area contributed by atoms with Crippen LogP contribution >= 0.6 is 0 Å². The number of rotatable bonds is 5. The Balaban J connectivity index is 2.09. The summed E-state index contributed by atoms with van der Waals surface area (Å²) in [6.07, 6.45) is 0.00121. The lowest BCUT2D eigenvalue weighted by Crippen LogP contribution is -2.26. The predicted octanol–water partition coefficient (Wildman–Crippen LogP) is 1.09. The van der Waals surface area contributed by atoms with E-state index in [1.807, 2.05) is 6.92 Å². The smallest absolute Gasteiger partial charge is 0.302 e.